The lowest BCUT2D eigenvalue weighted by Gasteiger charge is -2.20. The van der Waals surface area contributed by atoms with E-state index in [1.165, 1.54) is 12.1 Å². The van der Waals surface area contributed by atoms with E-state index in [2.05, 4.69) is 21.2 Å². The zero-order valence-electron chi connectivity index (χ0n) is 14.8. The molecule has 0 amide bonds. The highest BCUT2D eigenvalue weighted by atomic mass is 79.9. The molecule has 0 fully saturated rings. The fraction of sp³-hybridized carbons (Fsp3) is 0.136. The Labute approximate surface area is 166 Å². The molecule has 3 nitrogen and oxygen atoms in total. The summed E-state index contributed by atoms with van der Waals surface area (Å²) < 4.78 is 19.3. The van der Waals surface area contributed by atoms with Crippen LogP contribution in [0.2, 0.25) is 0 Å². The monoisotopic (exact) mass is 427 g/mol. The van der Waals surface area contributed by atoms with Crippen molar-refractivity contribution in [3.05, 3.63) is 94.2 Å². The quantitative estimate of drug-likeness (QED) is 0.468. The predicted molar refractivity (Wildman–Crippen MR) is 109 cm³/mol. The van der Waals surface area contributed by atoms with E-state index < -0.39 is 0 Å². The highest BCUT2D eigenvalue weighted by molar-refractivity contribution is 9.10. The largest absolute Gasteiger partial charge is 0.497 e. The van der Waals surface area contributed by atoms with Crippen molar-refractivity contribution in [1.82, 2.24) is 0 Å². The maximum Gasteiger partial charge on any atom is 0.165 e. The van der Waals surface area contributed by atoms with Gasteiger partial charge in [0.2, 0.25) is 0 Å². The molecule has 0 radical (unpaired) electrons. The van der Waals surface area contributed by atoms with Gasteiger partial charge in [0, 0.05) is 22.1 Å². The molecule has 3 aromatic rings. The van der Waals surface area contributed by atoms with Crippen molar-refractivity contribution < 1.29 is 13.9 Å². The van der Waals surface area contributed by atoms with E-state index in [1.54, 1.807) is 43.5 Å². The van der Waals surface area contributed by atoms with Crippen LogP contribution in [0.3, 0.4) is 0 Å². The third kappa shape index (κ3) is 5.17. The van der Waals surface area contributed by atoms with Crippen LogP contribution in [0.4, 0.5) is 10.1 Å². The molecule has 3 aromatic carbocycles. The molecule has 1 N–H and O–H groups in total. The molecule has 0 aromatic heterocycles. The molecule has 0 bridgehead atoms. The molecule has 0 saturated carbocycles. The molecule has 0 heterocycles. The number of nitrogens with one attached hydrogen (secondary N) is 1. The van der Waals surface area contributed by atoms with Crippen molar-refractivity contribution in [2.24, 2.45) is 0 Å². The molecular formula is C22H19BrFNO2. The van der Waals surface area contributed by atoms with Crippen molar-refractivity contribution in [3.63, 3.8) is 0 Å². The van der Waals surface area contributed by atoms with Crippen LogP contribution < -0.4 is 10.1 Å². The van der Waals surface area contributed by atoms with Gasteiger partial charge < -0.3 is 10.1 Å². The van der Waals surface area contributed by atoms with Crippen LogP contribution in [0, 0.1) is 5.82 Å². The normalized spacial score (nSPS) is 11.7. The van der Waals surface area contributed by atoms with Crippen molar-refractivity contribution in [2.75, 3.05) is 12.4 Å². The third-order valence-electron chi connectivity index (χ3n) is 4.26. The number of benzene rings is 3. The number of hydrogen-bond acceptors (Lipinski definition) is 3. The molecule has 0 unspecified atom stereocenters. The zero-order valence-corrected chi connectivity index (χ0v) is 16.4. The van der Waals surface area contributed by atoms with E-state index in [9.17, 15) is 9.18 Å². The number of halogens is 2. The maximum absolute atomic E-state index is 13.2. The van der Waals surface area contributed by atoms with Crippen LogP contribution in [0.1, 0.15) is 28.4 Å². The molecule has 1 atom stereocenters. The summed E-state index contributed by atoms with van der Waals surface area (Å²) in [7, 11) is 1.59. The minimum atomic E-state index is -0.296. The first-order valence-electron chi connectivity index (χ1n) is 8.50. The summed E-state index contributed by atoms with van der Waals surface area (Å²) in [5.41, 5.74) is 2.36. The first kappa shape index (κ1) is 19.1. The Morgan fingerprint density at radius 1 is 1.00 bits per heavy atom. The van der Waals surface area contributed by atoms with Crippen molar-refractivity contribution in [3.8, 4) is 5.75 Å². The summed E-state index contributed by atoms with van der Waals surface area (Å²) in [5.74, 6) is 0.427. The van der Waals surface area contributed by atoms with Crippen molar-refractivity contribution in [1.29, 1.82) is 0 Å². The van der Waals surface area contributed by atoms with E-state index in [0.717, 1.165) is 15.7 Å². The average Bonchev–Trinajstić information content (AvgIpc) is 2.70. The van der Waals surface area contributed by atoms with Gasteiger partial charge >= 0.3 is 0 Å². The zero-order chi connectivity index (χ0) is 19.2. The molecule has 0 aliphatic carbocycles. The second-order valence-electron chi connectivity index (χ2n) is 6.11. The van der Waals surface area contributed by atoms with E-state index in [-0.39, 0.29) is 24.1 Å². The lowest BCUT2D eigenvalue weighted by molar-refractivity contribution is 0.0976. The second kappa shape index (κ2) is 8.82. The molecule has 0 aliphatic heterocycles. The van der Waals surface area contributed by atoms with Crippen molar-refractivity contribution in [2.45, 2.75) is 12.5 Å². The smallest absolute Gasteiger partial charge is 0.165 e. The lowest BCUT2D eigenvalue weighted by atomic mass is 9.97. The van der Waals surface area contributed by atoms with Gasteiger partial charge in [-0.05, 0) is 66.2 Å². The number of hydrogen-bond donors (Lipinski definition) is 1. The van der Waals surface area contributed by atoms with Gasteiger partial charge in [-0.3, -0.25) is 4.79 Å². The van der Waals surface area contributed by atoms with Crippen LogP contribution in [-0.4, -0.2) is 12.9 Å². The highest BCUT2D eigenvalue weighted by Crippen LogP contribution is 2.26. The minimum absolute atomic E-state index is 0.0141. The van der Waals surface area contributed by atoms with Gasteiger partial charge in [0.05, 0.1) is 13.2 Å². The van der Waals surface area contributed by atoms with E-state index >= 15 is 0 Å². The van der Waals surface area contributed by atoms with Gasteiger partial charge in [0.15, 0.2) is 5.78 Å². The minimum Gasteiger partial charge on any atom is -0.497 e. The molecule has 138 valence electrons. The first-order valence-corrected chi connectivity index (χ1v) is 9.29. The van der Waals surface area contributed by atoms with E-state index in [1.807, 2.05) is 24.3 Å². The number of rotatable bonds is 7. The predicted octanol–water partition coefficient (Wildman–Crippen LogP) is 6.02. The fourth-order valence-electron chi connectivity index (χ4n) is 2.77. The summed E-state index contributed by atoms with van der Waals surface area (Å²) in [4.78, 5) is 12.8. The SMILES string of the molecule is COc1ccc(C(=O)C[C@@H](Nc2ccc(F)cc2)c2ccc(Br)cc2)cc1. The fourth-order valence-corrected chi connectivity index (χ4v) is 3.04. The van der Waals surface area contributed by atoms with Gasteiger partial charge in [-0.2, -0.15) is 0 Å². The Kier molecular flexibility index (Phi) is 6.24. The van der Waals surface area contributed by atoms with Crippen LogP contribution in [0.15, 0.2) is 77.3 Å². The second-order valence-corrected chi connectivity index (χ2v) is 7.03. The van der Waals surface area contributed by atoms with E-state index in [0.29, 0.717) is 11.3 Å². The number of ketones is 1. The van der Waals surface area contributed by atoms with Gasteiger partial charge in [-0.1, -0.05) is 28.1 Å². The molecule has 5 heteroatoms. The van der Waals surface area contributed by atoms with E-state index in [4.69, 9.17) is 4.74 Å². The molecule has 3 rings (SSSR count). The topological polar surface area (TPSA) is 38.3 Å². The van der Waals surface area contributed by atoms with Gasteiger partial charge in [0.1, 0.15) is 11.6 Å². The third-order valence-corrected chi connectivity index (χ3v) is 4.79. The number of carbonyl (C=O) groups is 1. The van der Waals surface area contributed by atoms with Crippen LogP contribution in [0.5, 0.6) is 5.75 Å². The Morgan fingerprint density at radius 2 is 1.63 bits per heavy atom. The maximum atomic E-state index is 13.2. The van der Waals surface area contributed by atoms with Crippen LogP contribution in [0.25, 0.3) is 0 Å². The van der Waals surface area contributed by atoms with Crippen molar-refractivity contribution >= 4 is 27.4 Å². The first-order chi connectivity index (χ1) is 13.0. The summed E-state index contributed by atoms with van der Waals surface area (Å²) in [5, 5.41) is 3.34. The lowest BCUT2D eigenvalue weighted by Crippen LogP contribution is -2.16. The molecule has 0 spiro atoms. The number of methoxy groups -OCH3 is 1. The van der Waals surface area contributed by atoms with Crippen LogP contribution >= 0.6 is 15.9 Å². The highest BCUT2D eigenvalue weighted by Gasteiger charge is 2.17. The summed E-state index contributed by atoms with van der Waals surface area (Å²) in [6.45, 7) is 0. The number of carbonyl (C=O) groups excluding carboxylic acids is 1. The van der Waals surface area contributed by atoms with Crippen LogP contribution in [-0.2, 0) is 0 Å². The summed E-state index contributed by atoms with van der Waals surface area (Å²) in [6, 6.07) is 20.8. The molecule has 0 aliphatic rings. The van der Waals surface area contributed by atoms with Gasteiger partial charge in [-0.25, -0.2) is 4.39 Å². The Hall–Kier alpha value is -2.66. The summed E-state index contributed by atoms with van der Waals surface area (Å²) >= 11 is 3.43. The molecular weight excluding hydrogens is 409 g/mol. The number of ether oxygens (including phenoxy) is 1. The standard InChI is InChI=1S/C22H19BrFNO2/c1-27-20-12-4-16(5-13-20)22(26)14-21(15-2-6-17(23)7-3-15)25-19-10-8-18(24)9-11-19/h2-13,21,25H,14H2,1H3/t21-/m1/s1. The Balaban J connectivity index is 1.82. The number of anilines is 1. The summed E-state index contributed by atoms with van der Waals surface area (Å²) in [6.07, 6.45) is 0.269. The Bertz CT molecular complexity index is 893. The molecule has 0 saturated heterocycles. The average molecular weight is 428 g/mol. The number of Topliss-reactive ketones (excluding diaryl/α,β-unsaturated/α-hetero) is 1. The molecule has 27 heavy (non-hydrogen) atoms. The van der Waals surface area contributed by atoms with Gasteiger partial charge in [0.25, 0.3) is 0 Å². The van der Waals surface area contributed by atoms with Gasteiger partial charge in [-0.15, -0.1) is 0 Å². The Morgan fingerprint density at radius 3 is 2.22 bits per heavy atom.